The van der Waals surface area contributed by atoms with Gasteiger partial charge in [0.2, 0.25) is 11.6 Å². The number of fused-ring (bicyclic) bond motifs is 2. The van der Waals surface area contributed by atoms with Gasteiger partial charge in [0.25, 0.3) is 0 Å². The van der Waals surface area contributed by atoms with Crippen LogP contribution in [-0.4, -0.2) is 26.6 Å². The third-order valence-corrected chi connectivity index (χ3v) is 4.32. The number of nitrogens with zero attached hydrogens (tertiary/aromatic N) is 3. The predicted molar refractivity (Wildman–Crippen MR) is 88.8 cm³/mol. The summed E-state index contributed by atoms with van der Waals surface area (Å²) in [5, 5.41) is 8.01. The quantitative estimate of drug-likeness (QED) is 0.569. The average molecular weight is 317 g/mol. The number of hydrogen-bond donors (Lipinski definition) is 0. The molecule has 0 bridgehead atoms. The lowest BCUT2D eigenvalue weighted by molar-refractivity contribution is 0.0972. The molecule has 5 heteroatoms. The normalized spacial score (nSPS) is 13.1. The van der Waals surface area contributed by atoms with Crippen molar-refractivity contribution in [3.63, 3.8) is 0 Å². The number of hydrogen-bond acceptors (Lipinski definition) is 4. The van der Waals surface area contributed by atoms with Crippen molar-refractivity contribution in [3.05, 3.63) is 76.6 Å². The zero-order chi connectivity index (χ0) is 16.8. The Morgan fingerprint density at radius 3 is 2.12 bits per heavy atom. The van der Waals surface area contributed by atoms with Crippen molar-refractivity contribution in [3.8, 4) is 5.69 Å². The molecule has 1 aromatic heterocycles. The van der Waals surface area contributed by atoms with Crippen LogP contribution in [0.2, 0.25) is 0 Å². The molecule has 4 rings (SSSR count). The topological polar surface area (TPSA) is 64.8 Å². The minimum absolute atomic E-state index is 0.117. The zero-order valence-electron chi connectivity index (χ0n) is 13.4. The van der Waals surface area contributed by atoms with E-state index in [1.165, 1.54) is 10.2 Å². The Kier molecular flexibility index (Phi) is 3.16. The molecule has 0 saturated carbocycles. The van der Waals surface area contributed by atoms with E-state index in [4.69, 9.17) is 0 Å². The molecule has 1 aliphatic carbocycles. The van der Waals surface area contributed by atoms with Gasteiger partial charge in [0.05, 0.1) is 5.69 Å². The second-order valence-electron chi connectivity index (χ2n) is 6.15. The molecule has 0 unspecified atom stereocenters. The van der Waals surface area contributed by atoms with E-state index in [0.29, 0.717) is 22.7 Å². The first-order chi connectivity index (χ1) is 11.6. The molecule has 1 aliphatic rings. The first-order valence-electron chi connectivity index (χ1n) is 7.82. The number of ketones is 2. The van der Waals surface area contributed by atoms with Gasteiger partial charge < -0.3 is 0 Å². The van der Waals surface area contributed by atoms with Crippen molar-refractivity contribution in [1.29, 1.82) is 0 Å². The van der Waals surface area contributed by atoms with Crippen LogP contribution >= 0.6 is 0 Å². The molecule has 3 aromatic rings. The van der Waals surface area contributed by atoms with Gasteiger partial charge in [-0.25, -0.2) is 4.68 Å². The first-order valence-corrected chi connectivity index (χ1v) is 7.82. The molecule has 0 fully saturated rings. The summed E-state index contributed by atoms with van der Waals surface area (Å²) in [5.74, 6) is -0.0674. The van der Waals surface area contributed by atoms with Crippen LogP contribution in [0.15, 0.2) is 48.5 Å². The molecular weight excluding hydrogens is 302 g/mol. The second kappa shape index (κ2) is 5.23. The molecule has 0 saturated heterocycles. The Morgan fingerprint density at radius 1 is 0.875 bits per heavy atom. The number of carbonyl (C=O) groups excluding carboxylic acids is 2. The van der Waals surface area contributed by atoms with Crippen molar-refractivity contribution in [1.82, 2.24) is 15.0 Å². The van der Waals surface area contributed by atoms with E-state index in [2.05, 4.69) is 24.2 Å². The Morgan fingerprint density at radius 2 is 1.50 bits per heavy atom. The van der Waals surface area contributed by atoms with Crippen LogP contribution in [-0.2, 0) is 0 Å². The first kappa shape index (κ1) is 14.5. The fourth-order valence-electron chi connectivity index (χ4n) is 2.95. The van der Waals surface area contributed by atoms with Gasteiger partial charge in [-0.15, -0.1) is 5.10 Å². The predicted octanol–water partition coefficient (Wildman–Crippen LogP) is 3.17. The summed E-state index contributed by atoms with van der Waals surface area (Å²) < 4.78 is 1.45. The highest BCUT2D eigenvalue weighted by Gasteiger charge is 2.35. The Balaban J connectivity index is 1.86. The SMILES string of the molecule is CC(C)c1ccc(-n2nnc3c2C(=O)c2ccccc2C3=O)cc1. The molecular formula is C19H15N3O2. The van der Waals surface area contributed by atoms with E-state index in [0.717, 1.165) is 0 Å². The number of aromatic nitrogens is 3. The third-order valence-electron chi connectivity index (χ3n) is 4.32. The zero-order valence-corrected chi connectivity index (χ0v) is 13.4. The highest BCUT2D eigenvalue weighted by molar-refractivity contribution is 6.27. The van der Waals surface area contributed by atoms with E-state index in [1.54, 1.807) is 24.3 Å². The minimum Gasteiger partial charge on any atom is -0.287 e. The number of carbonyl (C=O) groups is 2. The van der Waals surface area contributed by atoms with E-state index in [9.17, 15) is 9.59 Å². The molecule has 0 spiro atoms. The Bertz CT molecular complexity index is 969. The van der Waals surface area contributed by atoms with Crippen LogP contribution in [0.1, 0.15) is 57.4 Å². The molecule has 0 N–H and O–H groups in total. The molecule has 24 heavy (non-hydrogen) atoms. The van der Waals surface area contributed by atoms with E-state index < -0.39 is 0 Å². The summed E-state index contributed by atoms with van der Waals surface area (Å²) in [7, 11) is 0. The lowest BCUT2D eigenvalue weighted by Gasteiger charge is -2.14. The van der Waals surface area contributed by atoms with Crippen molar-refractivity contribution < 1.29 is 9.59 Å². The third kappa shape index (κ3) is 2.01. The summed E-state index contributed by atoms with van der Waals surface area (Å²) in [4.78, 5) is 25.4. The van der Waals surface area contributed by atoms with Gasteiger partial charge in [-0.2, -0.15) is 0 Å². The Hall–Kier alpha value is -3.08. The number of benzene rings is 2. The van der Waals surface area contributed by atoms with Crippen LogP contribution in [0.3, 0.4) is 0 Å². The van der Waals surface area contributed by atoms with Gasteiger partial charge in [-0.05, 0) is 23.6 Å². The molecule has 0 aliphatic heterocycles. The smallest absolute Gasteiger partial charge is 0.216 e. The van der Waals surface area contributed by atoms with Gasteiger partial charge in [-0.3, -0.25) is 9.59 Å². The van der Waals surface area contributed by atoms with Gasteiger partial charge in [0.15, 0.2) is 5.69 Å². The molecule has 0 radical (unpaired) electrons. The lowest BCUT2D eigenvalue weighted by atomic mass is 9.90. The maximum absolute atomic E-state index is 12.8. The fourth-order valence-corrected chi connectivity index (χ4v) is 2.95. The van der Waals surface area contributed by atoms with E-state index in [1.807, 2.05) is 24.3 Å². The summed E-state index contributed by atoms with van der Waals surface area (Å²) in [6.45, 7) is 4.23. The van der Waals surface area contributed by atoms with Gasteiger partial charge >= 0.3 is 0 Å². The molecule has 1 heterocycles. The lowest BCUT2D eigenvalue weighted by Crippen LogP contribution is -2.22. The van der Waals surface area contributed by atoms with Crippen LogP contribution in [0.4, 0.5) is 0 Å². The van der Waals surface area contributed by atoms with E-state index in [-0.39, 0.29) is 23.0 Å². The maximum Gasteiger partial charge on any atom is 0.216 e. The molecule has 0 atom stereocenters. The van der Waals surface area contributed by atoms with Crippen LogP contribution < -0.4 is 0 Å². The van der Waals surface area contributed by atoms with E-state index >= 15 is 0 Å². The maximum atomic E-state index is 12.8. The number of rotatable bonds is 2. The summed E-state index contributed by atoms with van der Waals surface area (Å²) >= 11 is 0. The highest BCUT2D eigenvalue weighted by Crippen LogP contribution is 2.27. The summed E-state index contributed by atoms with van der Waals surface area (Å²) in [6, 6.07) is 14.6. The standard InChI is InChI=1S/C19H15N3O2/c1-11(2)12-7-9-13(10-8-12)22-17-16(20-21-22)18(23)14-5-3-4-6-15(14)19(17)24/h3-11H,1-2H3. The summed E-state index contributed by atoms with van der Waals surface area (Å²) in [5.41, 5.74) is 3.05. The van der Waals surface area contributed by atoms with Crippen molar-refractivity contribution in [2.75, 3.05) is 0 Å². The van der Waals surface area contributed by atoms with Crippen LogP contribution in [0, 0.1) is 0 Å². The fraction of sp³-hybridized carbons (Fsp3) is 0.158. The van der Waals surface area contributed by atoms with Gasteiger partial charge in [-0.1, -0.05) is 55.5 Å². The van der Waals surface area contributed by atoms with Crippen molar-refractivity contribution in [2.24, 2.45) is 0 Å². The minimum atomic E-state index is -0.259. The van der Waals surface area contributed by atoms with Gasteiger partial charge in [0.1, 0.15) is 5.69 Å². The summed E-state index contributed by atoms with van der Waals surface area (Å²) in [6.07, 6.45) is 0. The van der Waals surface area contributed by atoms with Crippen LogP contribution in [0.25, 0.3) is 5.69 Å². The highest BCUT2D eigenvalue weighted by atomic mass is 16.1. The van der Waals surface area contributed by atoms with Gasteiger partial charge in [0, 0.05) is 11.1 Å². The largest absolute Gasteiger partial charge is 0.287 e. The Labute approximate surface area is 138 Å². The average Bonchev–Trinajstić information content (AvgIpc) is 3.05. The van der Waals surface area contributed by atoms with Crippen molar-refractivity contribution >= 4 is 11.6 Å². The molecule has 2 aromatic carbocycles. The monoisotopic (exact) mass is 317 g/mol. The van der Waals surface area contributed by atoms with Crippen LogP contribution in [0.5, 0.6) is 0 Å². The molecule has 0 amide bonds. The molecule has 118 valence electrons. The molecule has 5 nitrogen and oxygen atoms in total. The second-order valence-corrected chi connectivity index (χ2v) is 6.15. The van der Waals surface area contributed by atoms with Crippen molar-refractivity contribution in [2.45, 2.75) is 19.8 Å².